The highest BCUT2D eigenvalue weighted by Crippen LogP contribution is 2.37. The molecule has 0 atom stereocenters. The molecule has 2 aromatic heterocycles. The standard InChI is InChI=1S/C20H13BrN2/c21-19-15-10-4-5-11-16(15)23-18-13-7-6-12-17(18)22(20(19)23)14-8-2-1-3-9-14/h1-13H. The van der Waals surface area contributed by atoms with Crippen LogP contribution in [0.2, 0.25) is 0 Å². The van der Waals surface area contributed by atoms with E-state index in [1.165, 1.54) is 33.3 Å². The molecule has 0 aliphatic carbocycles. The molecule has 0 bridgehead atoms. The Bertz CT molecular complexity index is 1170. The summed E-state index contributed by atoms with van der Waals surface area (Å²) in [4.78, 5) is 0. The zero-order chi connectivity index (χ0) is 15.4. The van der Waals surface area contributed by atoms with Gasteiger partial charge in [0.15, 0.2) is 0 Å². The third-order valence-electron chi connectivity index (χ3n) is 4.38. The van der Waals surface area contributed by atoms with Crippen molar-refractivity contribution in [3.8, 4) is 5.69 Å². The van der Waals surface area contributed by atoms with Gasteiger partial charge in [0.2, 0.25) is 0 Å². The smallest absolute Gasteiger partial charge is 0.138 e. The lowest BCUT2D eigenvalue weighted by Gasteiger charge is -2.06. The summed E-state index contributed by atoms with van der Waals surface area (Å²) in [5.74, 6) is 0. The Hall–Kier alpha value is -2.52. The number of hydrogen-bond donors (Lipinski definition) is 0. The van der Waals surface area contributed by atoms with E-state index in [0.717, 1.165) is 4.47 Å². The molecule has 0 aliphatic heterocycles. The lowest BCUT2D eigenvalue weighted by atomic mass is 10.2. The van der Waals surface area contributed by atoms with E-state index in [2.05, 4.69) is 104 Å². The molecule has 23 heavy (non-hydrogen) atoms. The second-order valence-corrected chi connectivity index (χ2v) is 6.44. The molecule has 110 valence electrons. The molecule has 0 spiro atoms. The molecule has 0 radical (unpaired) electrons. The molecule has 0 N–H and O–H groups in total. The number of aromatic nitrogens is 2. The molecule has 0 amide bonds. The highest BCUT2D eigenvalue weighted by Gasteiger charge is 2.18. The summed E-state index contributed by atoms with van der Waals surface area (Å²) in [5.41, 5.74) is 5.98. The highest BCUT2D eigenvalue weighted by molar-refractivity contribution is 9.10. The largest absolute Gasteiger partial charge is 0.293 e. The molecule has 5 rings (SSSR count). The number of halogens is 1. The van der Waals surface area contributed by atoms with Crippen LogP contribution in [0.1, 0.15) is 0 Å². The first kappa shape index (κ1) is 13.0. The van der Waals surface area contributed by atoms with Crippen LogP contribution in [0.15, 0.2) is 83.3 Å². The number of nitrogens with zero attached hydrogens (tertiary/aromatic N) is 2. The van der Waals surface area contributed by atoms with Gasteiger partial charge in [-0.25, -0.2) is 0 Å². The van der Waals surface area contributed by atoms with Crippen LogP contribution in [0.3, 0.4) is 0 Å². The molecule has 3 aromatic carbocycles. The van der Waals surface area contributed by atoms with Crippen molar-refractivity contribution in [1.82, 2.24) is 8.97 Å². The molecule has 2 nitrogen and oxygen atoms in total. The summed E-state index contributed by atoms with van der Waals surface area (Å²) in [6.07, 6.45) is 0. The van der Waals surface area contributed by atoms with E-state index in [0.29, 0.717) is 0 Å². The van der Waals surface area contributed by atoms with Crippen molar-refractivity contribution >= 4 is 43.5 Å². The van der Waals surface area contributed by atoms with Gasteiger partial charge in [0.25, 0.3) is 0 Å². The van der Waals surface area contributed by atoms with Crippen LogP contribution in [0.25, 0.3) is 33.3 Å². The van der Waals surface area contributed by atoms with E-state index in [1.807, 2.05) is 0 Å². The Morgan fingerprint density at radius 2 is 1.22 bits per heavy atom. The molecule has 0 saturated heterocycles. The van der Waals surface area contributed by atoms with Gasteiger partial charge in [0.1, 0.15) is 5.65 Å². The van der Waals surface area contributed by atoms with Crippen LogP contribution in [-0.2, 0) is 0 Å². The summed E-state index contributed by atoms with van der Waals surface area (Å²) >= 11 is 3.84. The fourth-order valence-corrected chi connectivity index (χ4v) is 4.11. The van der Waals surface area contributed by atoms with E-state index in [1.54, 1.807) is 0 Å². The maximum atomic E-state index is 3.84. The summed E-state index contributed by atoms with van der Waals surface area (Å²) in [7, 11) is 0. The fraction of sp³-hybridized carbons (Fsp3) is 0. The fourth-order valence-electron chi connectivity index (χ4n) is 3.42. The summed E-state index contributed by atoms with van der Waals surface area (Å²) < 4.78 is 5.79. The van der Waals surface area contributed by atoms with E-state index >= 15 is 0 Å². The highest BCUT2D eigenvalue weighted by atomic mass is 79.9. The second kappa shape index (κ2) is 4.74. The van der Waals surface area contributed by atoms with Gasteiger partial charge in [-0.3, -0.25) is 8.97 Å². The molecule has 2 heterocycles. The number of rotatable bonds is 1. The van der Waals surface area contributed by atoms with Crippen molar-refractivity contribution in [2.75, 3.05) is 0 Å². The van der Waals surface area contributed by atoms with Gasteiger partial charge in [-0.1, -0.05) is 48.5 Å². The van der Waals surface area contributed by atoms with E-state index in [4.69, 9.17) is 0 Å². The van der Waals surface area contributed by atoms with Crippen LogP contribution >= 0.6 is 15.9 Å². The molecule has 5 aromatic rings. The van der Waals surface area contributed by atoms with Gasteiger partial charge in [-0.15, -0.1) is 0 Å². The Kier molecular flexibility index (Phi) is 2.67. The van der Waals surface area contributed by atoms with Crippen molar-refractivity contribution in [2.24, 2.45) is 0 Å². The van der Waals surface area contributed by atoms with Crippen molar-refractivity contribution in [1.29, 1.82) is 0 Å². The van der Waals surface area contributed by atoms with Crippen LogP contribution in [0.4, 0.5) is 0 Å². The Labute approximate surface area is 141 Å². The number of hydrogen-bond acceptors (Lipinski definition) is 0. The molecular weight excluding hydrogens is 348 g/mol. The van der Waals surface area contributed by atoms with Crippen molar-refractivity contribution < 1.29 is 0 Å². The minimum atomic E-state index is 1.13. The Morgan fingerprint density at radius 3 is 2.00 bits per heavy atom. The Balaban J connectivity index is 2.11. The lowest BCUT2D eigenvalue weighted by molar-refractivity contribution is 1.14. The van der Waals surface area contributed by atoms with Crippen LogP contribution in [0, 0.1) is 0 Å². The zero-order valence-electron chi connectivity index (χ0n) is 12.3. The van der Waals surface area contributed by atoms with Gasteiger partial charge in [0.05, 0.1) is 21.0 Å². The van der Waals surface area contributed by atoms with Gasteiger partial charge in [-0.05, 0) is 46.3 Å². The second-order valence-electron chi connectivity index (χ2n) is 5.65. The maximum absolute atomic E-state index is 3.84. The first-order chi connectivity index (χ1) is 11.4. The summed E-state index contributed by atoms with van der Waals surface area (Å²) in [6, 6.07) is 27.6. The van der Waals surface area contributed by atoms with Crippen molar-refractivity contribution in [3.63, 3.8) is 0 Å². The van der Waals surface area contributed by atoms with Crippen LogP contribution in [-0.4, -0.2) is 8.97 Å². The zero-order valence-corrected chi connectivity index (χ0v) is 13.9. The predicted octanol–water partition coefficient (Wildman–Crippen LogP) is 5.80. The SMILES string of the molecule is Brc1c2ccccc2n2c3ccccc3n(-c3ccccc3)c12. The third-order valence-corrected chi connectivity index (χ3v) is 5.16. The quantitative estimate of drug-likeness (QED) is 0.357. The number of imidazole rings is 1. The van der Waals surface area contributed by atoms with Gasteiger partial charge >= 0.3 is 0 Å². The molecule has 0 saturated carbocycles. The molecule has 0 unspecified atom stereocenters. The number of fused-ring (bicyclic) bond motifs is 5. The molecule has 0 fully saturated rings. The predicted molar refractivity (Wildman–Crippen MR) is 99.4 cm³/mol. The van der Waals surface area contributed by atoms with Gasteiger partial charge in [0, 0.05) is 11.1 Å². The summed E-state index contributed by atoms with van der Waals surface area (Å²) in [6.45, 7) is 0. The normalized spacial score (nSPS) is 11.7. The average molecular weight is 361 g/mol. The molecule has 3 heteroatoms. The van der Waals surface area contributed by atoms with Crippen molar-refractivity contribution in [3.05, 3.63) is 83.3 Å². The minimum absolute atomic E-state index is 1.13. The van der Waals surface area contributed by atoms with Gasteiger partial charge < -0.3 is 0 Å². The summed E-state index contributed by atoms with van der Waals surface area (Å²) in [5, 5.41) is 1.23. The van der Waals surface area contributed by atoms with Crippen molar-refractivity contribution in [2.45, 2.75) is 0 Å². The maximum Gasteiger partial charge on any atom is 0.138 e. The first-order valence-electron chi connectivity index (χ1n) is 7.60. The number of para-hydroxylation sites is 4. The Morgan fingerprint density at radius 1 is 0.609 bits per heavy atom. The first-order valence-corrected chi connectivity index (χ1v) is 8.39. The average Bonchev–Trinajstić information content (AvgIpc) is 3.10. The molecule has 0 aliphatic rings. The lowest BCUT2D eigenvalue weighted by Crippen LogP contribution is -1.93. The van der Waals surface area contributed by atoms with Crippen LogP contribution in [0.5, 0.6) is 0 Å². The monoisotopic (exact) mass is 360 g/mol. The topological polar surface area (TPSA) is 9.34 Å². The molecular formula is C20H13BrN2. The van der Waals surface area contributed by atoms with Gasteiger partial charge in [-0.2, -0.15) is 0 Å². The third kappa shape index (κ3) is 1.68. The van der Waals surface area contributed by atoms with E-state index < -0.39 is 0 Å². The van der Waals surface area contributed by atoms with Crippen LogP contribution < -0.4 is 0 Å². The van der Waals surface area contributed by atoms with E-state index in [9.17, 15) is 0 Å². The van der Waals surface area contributed by atoms with E-state index in [-0.39, 0.29) is 0 Å². The minimum Gasteiger partial charge on any atom is -0.293 e. The number of benzene rings is 3.